The van der Waals surface area contributed by atoms with Crippen LogP contribution in [-0.2, 0) is 17.7 Å². The number of rotatable bonds is 5. The Labute approximate surface area is 151 Å². The van der Waals surface area contributed by atoms with Gasteiger partial charge in [0.25, 0.3) is 0 Å². The van der Waals surface area contributed by atoms with Crippen molar-refractivity contribution in [1.29, 1.82) is 0 Å². The van der Waals surface area contributed by atoms with Crippen molar-refractivity contribution >= 4 is 12.4 Å². The summed E-state index contributed by atoms with van der Waals surface area (Å²) < 4.78 is 5.98. The third-order valence-electron chi connectivity index (χ3n) is 5.15. The van der Waals surface area contributed by atoms with Crippen LogP contribution in [0, 0.1) is 12.3 Å². The number of hydrogen-bond acceptors (Lipinski definition) is 3. The summed E-state index contributed by atoms with van der Waals surface area (Å²) in [5, 5.41) is 10.4. The molecular formula is C20H28ClNO2. The fourth-order valence-electron chi connectivity index (χ4n) is 3.77. The van der Waals surface area contributed by atoms with Gasteiger partial charge in [-0.25, -0.2) is 0 Å². The first kappa shape index (κ1) is 19.3. The number of nitrogens with zero attached hydrogens (tertiary/aromatic N) is 1. The second-order valence-electron chi connectivity index (χ2n) is 6.92. The van der Waals surface area contributed by atoms with Gasteiger partial charge >= 0.3 is 0 Å². The Bertz CT molecular complexity index is 563. The molecule has 0 spiro atoms. The van der Waals surface area contributed by atoms with Gasteiger partial charge in [-0.05, 0) is 43.2 Å². The van der Waals surface area contributed by atoms with Crippen molar-refractivity contribution in [3.8, 4) is 12.3 Å². The van der Waals surface area contributed by atoms with Crippen molar-refractivity contribution in [1.82, 2.24) is 4.90 Å². The predicted octanol–water partition coefficient (Wildman–Crippen LogP) is 3.18. The van der Waals surface area contributed by atoms with Crippen LogP contribution in [0.2, 0.25) is 0 Å². The van der Waals surface area contributed by atoms with Crippen LogP contribution >= 0.6 is 12.4 Å². The minimum atomic E-state index is -0.479. The van der Waals surface area contributed by atoms with E-state index in [2.05, 4.69) is 35.1 Å². The first-order chi connectivity index (χ1) is 11.2. The van der Waals surface area contributed by atoms with Gasteiger partial charge in [-0.1, -0.05) is 36.6 Å². The molecule has 1 aliphatic carbocycles. The van der Waals surface area contributed by atoms with Crippen molar-refractivity contribution in [3.63, 3.8) is 0 Å². The molecule has 1 fully saturated rings. The summed E-state index contributed by atoms with van der Waals surface area (Å²) in [5.74, 6) is 2.84. The van der Waals surface area contributed by atoms with Crippen LogP contribution in [0.5, 0.6) is 0 Å². The number of hydrogen-bond donors (Lipinski definition) is 1. The van der Waals surface area contributed by atoms with E-state index in [1.165, 1.54) is 17.5 Å². The van der Waals surface area contributed by atoms with Crippen molar-refractivity contribution in [2.24, 2.45) is 0 Å². The van der Waals surface area contributed by atoms with Crippen LogP contribution < -0.4 is 0 Å². The molecule has 3 rings (SSSR count). The minimum absolute atomic E-state index is 0. The smallest absolute Gasteiger partial charge is 0.128 e. The summed E-state index contributed by atoms with van der Waals surface area (Å²) in [6, 6.07) is 8.56. The number of halogens is 1. The minimum Gasteiger partial charge on any atom is -0.389 e. The molecule has 24 heavy (non-hydrogen) atoms. The summed E-state index contributed by atoms with van der Waals surface area (Å²) in [7, 11) is 0. The molecule has 0 amide bonds. The zero-order valence-corrected chi connectivity index (χ0v) is 15.1. The van der Waals surface area contributed by atoms with Gasteiger partial charge in [-0.15, -0.1) is 18.8 Å². The van der Waals surface area contributed by atoms with E-state index in [1.54, 1.807) is 0 Å². The molecule has 0 radical (unpaired) electrons. The second kappa shape index (κ2) is 8.87. The summed E-state index contributed by atoms with van der Waals surface area (Å²) in [5.41, 5.74) is 2.37. The van der Waals surface area contributed by atoms with E-state index < -0.39 is 11.7 Å². The Hall–Kier alpha value is -1.05. The molecule has 132 valence electrons. The molecule has 3 nitrogen and oxygen atoms in total. The molecule has 1 aliphatic heterocycles. The second-order valence-corrected chi connectivity index (χ2v) is 6.92. The molecule has 1 aromatic rings. The van der Waals surface area contributed by atoms with Gasteiger partial charge in [0.2, 0.25) is 0 Å². The summed E-state index contributed by atoms with van der Waals surface area (Å²) in [4.78, 5) is 2.31. The van der Waals surface area contributed by atoms with Gasteiger partial charge in [-0.3, -0.25) is 4.90 Å². The van der Waals surface area contributed by atoms with E-state index in [0.29, 0.717) is 13.2 Å². The fourth-order valence-corrected chi connectivity index (χ4v) is 3.77. The van der Waals surface area contributed by atoms with Crippen LogP contribution in [0.3, 0.4) is 0 Å². The number of terminal acetylenes is 1. The monoisotopic (exact) mass is 349 g/mol. The lowest BCUT2D eigenvalue weighted by atomic mass is 9.85. The summed E-state index contributed by atoms with van der Waals surface area (Å²) >= 11 is 0. The molecule has 2 aliphatic rings. The molecule has 1 atom stereocenters. The molecule has 1 heterocycles. The Balaban J connectivity index is 0.00000208. The zero-order valence-electron chi connectivity index (χ0n) is 14.2. The van der Waals surface area contributed by atoms with Gasteiger partial charge in [0.1, 0.15) is 5.60 Å². The normalized spacial score (nSPS) is 21.2. The Morgan fingerprint density at radius 3 is 2.62 bits per heavy atom. The molecule has 0 bridgehead atoms. The lowest BCUT2D eigenvalue weighted by Gasteiger charge is -2.34. The fraction of sp³-hybridized carbons (Fsp3) is 0.600. The van der Waals surface area contributed by atoms with Gasteiger partial charge in [0.05, 0.1) is 12.7 Å². The van der Waals surface area contributed by atoms with Crippen molar-refractivity contribution in [2.45, 2.75) is 56.8 Å². The maximum Gasteiger partial charge on any atom is 0.128 e. The third-order valence-corrected chi connectivity index (χ3v) is 5.15. The summed E-state index contributed by atoms with van der Waals surface area (Å²) in [6.45, 7) is 2.89. The molecule has 0 saturated heterocycles. The number of fused-ring (bicyclic) bond motifs is 1. The SMILES string of the molecule is C#CC1(OCC(O)CN2CCc3ccccc3C2)CCCCC1.Cl. The molecule has 1 saturated carbocycles. The van der Waals surface area contributed by atoms with E-state index in [0.717, 1.165) is 45.2 Å². The first-order valence-corrected chi connectivity index (χ1v) is 8.80. The highest BCUT2D eigenvalue weighted by atomic mass is 35.5. The van der Waals surface area contributed by atoms with E-state index in [4.69, 9.17) is 11.2 Å². The van der Waals surface area contributed by atoms with Crippen molar-refractivity contribution < 1.29 is 9.84 Å². The van der Waals surface area contributed by atoms with Crippen LogP contribution in [0.15, 0.2) is 24.3 Å². The predicted molar refractivity (Wildman–Crippen MR) is 99.3 cm³/mol. The van der Waals surface area contributed by atoms with E-state index in [9.17, 15) is 5.11 Å². The van der Waals surface area contributed by atoms with Crippen LogP contribution in [0.25, 0.3) is 0 Å². The highest BCUT2D eigenvalue weighted by Crippen LogP contribution is 2.31. The first-order valence-electron chi connectivity index (χ1n) is 8.80. The number of ether oxygens (including phenoxy) is 1. The molecule has 1 aromatic carbocycles. The highest BCUT2D eigenvalue weighted by molar-refractivity contribution is 5.85. The van der Waals surface area contributed by atoms with E-state index in [1.807, 2.05) is 0 Å². The van der Waals surface area contributed by atoms with Crippen molar-refractivity contribution in [3.05, 3.63) is 35.4 Å². The highest BCUT2D eigenvalue weighted by Gasteiger charge is 2.31. The van der Waals surface area contributed by atoms with Gasteiger partial charge in [0, 0.05) is 19.6 Å². The summed E-state index contributed by atoms with van der Waals surface area (Å²) in [6.07, 6.45) is 11.6. The largest absolute Gasteiger partial charge is 0.389 e. The van der Waals surface area contributed by atoms with Crippen LogP contribution in [-0.4, -0.2) is 41.4 Å². The Morgan fingerprint density at radius 2 is 1.92 bits per heavy atom. The standard InChI is InChI=1S/C20H27NO2.ClH/c1-2-20(11-6-3-7-12-20)23-16-19(22)15-21-13-10-17-8-4-5-9-18(17)14-21;/h1,4-5,8-9,19,22H,3,6-7,10-16H2;1H. The average Bonchev–Trinajstić information content (AvgIpc) is 2.61. The maximum absolute atomic E-state index is 10.4. The van der Waals surface area contributed by atoms with Gasteiger partial charge < -0.3 is 9.84 Å². The topological polar surface area (TPSA) is 32.7 Å². The number of aliphatic hydroxyl groups excluding tert-OH is 1. The molecule has 1 N–H and O–H groups in total. The number of β-amino-alcohol motifs (C(OH)–C–C–N with tert-alkyl or cyclic N) is 1. The van der Waals surface area contributed by atoms with Crippen LogP contribution in [0.4, 0.5) is 0 Å². The molecule has 0 aromatic heterocycles. The van der Waals surface area contributed by atoms with Gasteiger partial charge in [-0.2, -0.15) is 0 Å². The van der Waals surface area contributed by atoms with Gasteiger partial charge in [0.15, 0.2) is 0 Å². The number of aliphatic hydroxyl groups is 1. The molecular weight excluding hydrogens is 322 g/mol. The molecule has 1 unspecified atom stereocenters. The lowest BCUT2D eigenvalue weighted by Crippen LogP contribution is -2.41. The third kappa shape index (κ3) is 4.74. The Kier molecular flexibility index (Phi) is 7.13. The Morgan fingerprint density at radius 1 is 1.21 bits per heavy atom. The zero-order chi connectivity index (χ0) is 16.1. The number of benzene rings is 1. The van der Waals surface area contributed by atoms with E-state index in [-0.39, 0.29) is 12.4 Å². The van der Waals surface area contributed by atoms with Crippen LogP contribution in [0.1, 0.15) is 43.2 Å². The average molecular weight is 350 g/mol. The molecule has 4 heteroatoms. The lowest BCUT2D eigenvalue weighted by molar-refractivity contribution is -0.0703. The van der Waals surface area contributed by atoms with E-state index >= 15 is 0 Å². The maximum atomic E-state index is 10.4. The van der Waals surface area contributed by atoms with Crippen molar-refractivity contribution in [2.75, 3.05) is 19.7 Å². The quantitative estimate of drug-likeness (QED) is 0.829.